The number of phenols is 2. The van der Waals surface area contributed by atoms with Crippen LogP contribution in [-0.4, -0.2) is 43.6 Å². The number of ether oxygens (including phenoxy) is 4. The number of benzene rings is 3. The highest BCUT2D eigenvalue weighted by Gasteiger charge is 2.29. The third kappa shape index (κ3) is 4.40. The van der Waals surface area contributed by atoms with Crippen LogP contribution in [0.15, 0.2) is 64.0 Å². The average molecular weight is 504 g/mol. The molecule has 0 aliphatic carbocycles. The maximum Gasteiger partial charge on any atom is 0.306 e. The van der Waals surface area contributed by atoms with Crippen molar-refractivity contribution in [2.45, 2.75) is 12.3 Å². The van der Waals surface area contributed by atoms with Crippen molar-refractivity contribution in [3.63, 3.8) is 0 Å². The van der Waals surface area contributed by atoms with Gasteiger partial charge in [0.15, 0.2) is 11.5 Å². The molecule has 1 atom stereocenters. The van der Waals surface area contributed by atoms with E-state index >= 15 is 0 Å². The summed E-state index contributed by atoms with van der Waals surface area (Å²) in [5.74, 6) is -0.107. The minimum atomic E-state index is -0.774. The molecule has 0 saturated carbocycles. The predicted octanol–water partition coefficient (Wildman–Crippen LogP) is 4.35. The molecule has 0 radical (unpaired) electrons. The standard InChI is InChI=1S/C28H24O9/c1-33-22-11-16(12-23-28(22)36-10-9-35-23)19(13-24(31)34-2)25-21(30)8-7-18-26(32)20(14-37-27(18)25)15-3-5-17(29)6-4-15/h3-8,11-12,14,19,29-30H,9-10,13H2,1-2H3. The smallest absolute Gasteiger partial charge is 0.306 e. The van der Waals surface area contributed by atoms with Crippen molar-refractivity contribution in [2.24, 2.45) is 0 Å². The molecule has 0 saturated heterocycles. The van der Waals surface area contributed by atoms with Gasteiger partial charge in [-0.2, -0.15) is 0 Å². The van der Waals surface area contributed by atoms with E-state index in [2.05, 4.69) is 0 Å². The summed E-state index contributed by atoms with van der Waals surface area (Å²) in [7, 11) is 2.77. The quantitative estimate of drug-likeness (QED) is 0.369. The zero-order valence-corrected chi connectivity index (χ0v) is 20.1. The van der Waals surface area contributed by atoms with Crippen molar-refractivity contribution >= 4 is 16.9 Å². The molecule has 0 spiro atoms. The lowest BCUT2D eigenvalue weighted by atomic mass is 9.86. The lowest BCUT2D eigenvalue weighted by Gasteiger charge is -2.24. The van der Waals surface area contributed by atoms with Crippen LogP contribution in [0.1, 0.15) is 23.5 Å². The molecule has 190 valence electrons. The minimum absolute atomic E-state index is 0.0710. The number of rotatable bonds is 6. The molecule has 9 heteroatoms. The van der Waals surface area contributed by atoms with Crippen molar-refractivity contribution < 1.29 is 38.4 Å². The molecule has 3 aromatic carbocycles. The van der Waals surface area contributed by atoms with Gasteiger partial charge >= 0.3 is 5.97 Å². The molecule has 9 nitrogen and oxygen atoms in total. The number of fused-ring (bicyclic) bond motifs is 2. The molecule has 37 heavy (non-hydrogen) atoms. The van der Waals surface area contributed by atoms with Gasteiger partial charge in [-0.15, -0.1) is 0 Å². The third-order valence-corrected chi connectivity index (χ3v) is 6.33. The van der Waals surface area contributed by atoms with Crippen LogP contribution in [0.2, 0.25) is 0 Å². The van der Waals surface area contributed by atoms with Crippen LogP contribution in [0.4, 0.5) is 0 Å². The fraction of sp³-hybridized carbons (Fsp3) is 0.214. The molecule has 1 aromatic heterocycles. The highest BCUT2D eigenvalue weighted by Crippen LogP contribution is 2.46. The van der Waals surface area contributed by atoms with Crippen molar-refractivity contribution in [1.82, 2.24) is 0 Å². The van der Waals surface area contributed by atoms with Gasteiger partial charge in [-0.05, 0) is 47.5 Å². The second-order valence-corrected chi connectivity index (χ2v) is 8.48. The van der Waals surface area contributed by atoms with Crippen LogP contribution < -0.4 is 19.6 Å². The van der Waals surface area contributed by atoms with E-state index in [4.69, 9.17) is 23.4 Å². The summed E-state index contributed by atoms with van der Waals surface area (Å²) in [6.07, 6.45) is 1.15. The van der Waals surface area contributed by atoms with E-state index in [1.807, 2.05) is 0 Å². The molecule has 1 unspecified atom stereocenters. The topological polar surface area (TPSA) is 125 Å². The number of esters is 1. The van der Waals surface area contributed by atoms with Gasteiger partial charge in [0.05, 0.1) is 31.6 Å². The highest BCUT2D eigenvalue weighted by molar-refractivity contribution is 5.87. The second kappa shape index (κ2) is 9.77. The summed E-state index contributed by atoms with van der Waals surface area (Å²) in [6.45, 7) is 0.711. The van der Waals surface area contributed by atoms with E-state index in [0.717, 1.165) is 0 Å². The number of phenolic OH excluding ortho intramolecular Hbond substituents is 2. The van der Waals surface area contributed by atoms with Crippen molar-refractivity contribution in [3.05, 3.63) is 76.1 Å². The molecule has 2 heterocycles. The molecule has 4 aromatic rings. The number of aromatic hydroxyl groups is 2. The first-order valence-electron chi connectivity index (χ1n) is 11.5. The largest absolute Gasteiger partial charge is 0.508 e. The Labute approximate surface area is 211 Å². The van der Waals surface area contributed by atoms with Gasteiger partial charge in [0.2, 0.25) is 11.2 Å². The Hall–Kier alpha value is -4.66. The summed E-state index contributed by atoms with van der Waals surface area (Å²) in [6, 6.07) is 12.4. The Morgan fingerprint density at radius 2 is 1.78 bits per heavy atom. The molecule has 0 bridgehead atoms. The maximum absolute atomic E-state index is 13.5. The number of carbonyl (C=O) groups excluding carboxylic acids is 1. The van der Waals surface area contributed by atoms with Gasteiger partial charge in [0.25, 0.3) is 0 Å². The van der Waals surface area contributed by atoms with E-state index < -0.39 is 11.9 Å². The molecule has 5 rings (SSSR count). The Bertz CT molecular complexity index is 1520. The van der Waals surface area contributed by atoms with Gasteiger partial charge in [-0.25, -0.2) is 0 Å². The fourth-order valence-electron chi connectivity index (χ4n) is 4.52. The molecular formula is C28H24O9. The van der Waals surface area contributed by atoms with Crippen LogP contribution in [0.5, 0.6) is 28.7 Å². The molecule has 1 aliphatic heterocycles. The minimum Gasteiger partial charge on any atom is -0.508 e. The first-order valence-corrected chi connectivity index (χ1v) is 11.5. The Morgan fingerprint density at radius 3 is 2.51 bits per heavy atom. The number of hydrogen-bond donors (Lipinski definition) is 2. The first kappa shape index (κ1) is 24.1. The Kier molecular flexibility index (Phi) is 6.35. The third-order valence-electron chi connectivity index (χ3n) is 6.33. The maximum atomic E-state index is 13.5. The molecule has 2 N–H and O–H groups in total. The zero-order chi connectivity index (χ0) is 26.1. The lowest BCUT2D eigenvalue weighted by molar-refractivity contribution is -0.140. The average Bonchev–Trinajstić information content (AvgIpc) is 2.92. The number of hydrogen-bond acceptors (Lipinski definition) is 9. The normalized spacial score (nSPS) is 13.2. The summed E-state index contributed by atoms with van der Waals surface area (Å²) in [5, 5.41) is 20.8. The highest BCUT2D eigenvalue weighted by atomic mass is 16.6. The van der Waals surface area contributed by atoms with Crippen molar-refractivity contribution in [3.8, 4) is 39.9 Å². The van der Waals surface area contributed by atoms with Gasteiger partial charge in [0.1, 0.15) is 36.6 Å². The predicted molar refractivity (Wildman–Crippen MR) is 134 cm³/mol. The molecule has 0 amide bonds. The van der Waals surface area contributed by atoms with E-state index in [-0.39, 0.29) is 45.4 Å². The number of carbonyl (C=O) groups is 1. The lowest BCUT2D eigenvalue weighted by Crippen LogP contribution is -2.17. The SMILES string of the molecule is COC(=O)CC(c1cc(OC)c2c(c1)OCCO2)c1c(O)ccc2c(=O)c(-c3ccc(O)cc3)coc12. The summed E-state index contributed by atoms with van der Waals surface area (Å²) < 4.78 is 27.8. The number of methoxy groups -OCH3 is 2. The van der Waals surface area contributed by atoms with Gasteiger partial charge < -0.3 is 33.6 Å². The van der Waals surface area contributed by atoms with Crippen LogP contribution in [-0.2, 0) is 9.53 Å². The zero-order valence-electron chi connectivity index (χ0n) is 20.1. The van der Waals surface area contributed by atoms with Crippen molar-refractivity contribution in [2.75, 3.05) is 27.4 Å². The van der Waals surface area contributed by atoms with Gasteiger partial charge in [-0.3, -0.25) is 9.59 Å². The van der Waals surface area contributed by atoms with Crippen LogP contribution in [0.25, 0.3) is 22.1 Å². The first-order chi connectivity index (χ1) is 17.9. The van der Waals surface area contributed by atoms with E-state index in [1.165, 1.54) is 44.7 Å². The molecule has 0 fully saturated rings. The summed E-state index contributed by atoms with van der Waals surface area (Å²) in [5.41, 5.74) is 1.47. The van der Waals surface area contributed by atoms with E-state index in [0.29, 0.717) is 41.6 Å². The van der Waals surface area contributed by atoms with Gasteiger partial charge in [0, 0.05) is 11.5 Å². The van der Waals surface area contributed by atoms with Crippen LogP contribution in [0.3, 0.4) is 0 Å². The van der Waals surface area contributed by atoms with Gasteiger partial charge in [-0.1, -0.05) is 12.1 Å². The summed E-state index contributed by atoms with van der Waals surface area (Å²) in [4.78, 5) is 25.9. The Balaban J connectivity index is 1.72. The molecular weight excluding hydrogens is 480 g/mol. The Morgan fingerprint density at radius 1 is 1.03 bits per heavy atom. The van der Waals surface area contributed by atoms with E-state index in [9.17, 15) is 19.8 Å². The second-order valence-electron chi connectivity index (χ2n) is 8.48. The monoisotopic (exact) mass is 504 g/mol. The summed E-state index contributed by atoms with van der Waals surface area (Å²) >= 11 is 0. The molecule has 1 aliphatic rings. The fourth-order valence-corrected chi connectivity index (χ4v) is 4.52. The van der Waals surface area contributed by atoms with Crippen LogP contribution in [0, 0.1) is 0 Å². The van der Waals surface area contributed by atoms with E-state index in [1.54, 1.807) is 24.3 Å². The van der Waals surface area contributed by atoms with Crippen LogP contribution >= 0.6 is 0 Å². The van der Waals surface area contributed by atoms with Crippen molar-refractivity contribution in [1.29, 1.82) is 0 Å².